The Morgan fingerprint density at radius 1 is 1.18 bits per heavy atom. The fraction of sp³-hybridized carbons (Fsp3) is 0.619. The van der Waals surface area contributed by atoms with Crippen LogP contribution in [0.15, 0.2) is 24.3 Å². The van der Waals surface area contributed by atoms with E-state index < -0.39 is 5.60 Å². The molecule has 0 atom stereocenters. The predicted molar refractivity (Wildman–Crippen MR) is 115 cm³/mol. The second-order valence-corrected chi connectivity index (χ2v) is 8.89. The fourth-order valence-electron chi connectivity index (χ4n) is 3.85. The second-order valence-electron chi connectivity index (χ2n) is 8.53. The molecule has 0 radical (unpaired) electrons. The van der Waals surface area contributed by atoms with Crippen LogP contribution in [0.3, 0.4) is 0 Å². The monoisotopic (exact) mass is 404 g/mol. The molecule has 0 saturated carbocycles. The maximum atomic E-state index is 12.3. The zero-order valence-corrected chi connectivity index (χ0v) is 18.5. The van der Waals surface area contributed by atoms with Gasteiger partial charge in [-0.1, -0.05) is 12.1 Å². The first-order chi connectivity index (χ1) is 13.2. The van der Waals surface area contributed by atoms with E-state index in [9.17, 15) is 4.79 Å². The molecule has 0 N–H and O–H groups in total. The highest BCUT2D eigenvalue weighted by atomic mass is 32.1. The quantitative estimate of drug-likeness (QED) is 0.705. The number of fused-ring (bicyclic) bond motifs is 1. The first-order valence-electron chi connectivity index (χ1n) is 10.1. The van der Waals surface area contributed by atoms with E-state index in [1.54, 1.807) is 4.90 Å². The van der Waals surface area contributed by atoms with E-state index >= 15 is 0 Å². The molecule has 7 heteroatoms. The van der Waals surface area contributed by atoms with Gasteiger partial charge in [-0.3, -0.25) is 4.90 Å². The summed E-state index contributed by atoms with van der Waals surface area (Å²) in [5.74, 6) is 0. The van der Waals surface area contributed by atoms with Crippen molar-refractivity contribution in [2.45, 2.75) is 65.4 Å². The number of rotatable bonds is 4. The number of aryl methyl sites for hydroxylation is 1. The van der Waals surface area contributed by atoms with Crippen molar-refractivity contribution in [2.75, 3.05) is 20.1 Å². The minimum absolute atomic E-state index is 0.219. The number of benzene rings is 1. The molecule has 28 heavy (non-hydrogen) atoms. The third-order valence-electron chi connectivity index (χ3n) is 5.37. The summed E-state index contributed by atoms with van der Waals surface area (Å²) < 4.78 is 10.8. The topological polar surface area (TPSA) is 42.6 Å². The summed E-state index contributed by atoms with van der Waals surface area (Å²) in [6.07, 6.45) is 1.64. The van der Waals surface area contributed by atoms with E-state index in [2.05, 4.69) is 45.2 Å². The van der Waals surface area contributed by atoms with Crippen molar-refractivity contribution in [3.63, 3.8) is 0 Å². The van der Waals surface area contributed by atoms with Crippen LogP contribution >= 0.6 is 12.2 Å². The van der Waals surface area contributed by atoms with Gasteiger partial charge in [0.2, 0.25) is 0 Å². The molecule has 3 rings (SSSR count). The third kappa shape index (κ3) is 4.41. The Kier molecular flexibility index (Phi) is 6.15. The Balaban J connectivity index is 1.65. The number of hydrogen-bond acceptors (Lipinski definition) is 4. The Morgan fingerprint density at radius 3 is 2.29 bits per heavy atom. The van der Waals surface area contributed by atoms with Crippen molar-refractivity contribution in [2.24, 2.45) is 0 Å². The number of likely N-dealkylation sites (tertiary alicyclic amines) is 1. The molecule has 1 aliphatic rings. The van der Waals surface area contributed by atoms with Crippen LogP contribution < -0.4 is 0 Å². The number of piperidine rings is 1. The number of amides is 1. The summed E-state index contributed by atoms with van der Waals surface area (Å²) in [5, 5.41) is 0. The number of hydrogen-bond donors (Lipinski definition) is 0. The van der Waals surface area contributed by atoms with Gasteiger partial charge < -0.3 is 18.8 Å². The van der Waals surface area contributed by atoms with E-state index in [0.717, 1.165) is 43.9 Å². The molecule has 1 aliphatic heterocycles. The molecular weight excluding hydrogens is 372 g/mol. The molecule has 1 fully saturated rings. The van der Waals surface area contributed by atoms with Gasteiger partial charge in [0.15, 0.2) is 4.77 Å². The minimum atomic E-state index is -0.462. The highest BCUT2D eigenvalue weighted by molar-refractivity contribution is 7.71. The number of ether oxygens (including phenoxy) is 1. The lowest BCUT2D eigenvalue weighted by Gasteiger charge is -2.37. The highest BCUT2D eigenvalue weighted by Gasteiger charge is 2.28. The second kappa shape index (κ2) is 8.25. The molecule has 0 spiro atoms. The summed E-state index contributed by atoms with van der Waals surface area (Å²) in [4.78, 5) is 16.5. The summed E-state index contributed by atoms with van der Waals surface area (Å²) in [5.41, 5.74) is 1.91. The predicted octanol–water partition coefficient (Wildman–Crippen LogP) is 4.48. The molecule has 1 saturated heterocycles. The lowest BCUT2D eigenvalue weighted by molar-refractivity contribution is 0.0138. The maximum Gasteiger partial charge on any atom is 0.410 e. The maximum absolute atomic E-state index is 12.3. The van der Waals surface area contributed by atoms with Gasteiger partial charge in [-0.15, -0.1) is 0 Å². The molecule has 0 unspecified atom stereocenters. The van der Waals surface area contributed by atoms with E-state index in [1.165, 1.54) is 11.0 Å². The van der Waals surface area contributed by atoms with Gasteiger partial charge in [-0.2, -0.15) is 0 Å². The van der Waals surface area contributed by atoms with Crippen LogP contribution in [0.5, 0.6) is 0 Å². The zero-order chi connectivity index (χ0) is 20.5. The van der Waals surface area contributed by atoms with Crippen LogP contribution in [0.25, 0.3) is 11.0 Å². The van der Waals surface area contributed by atoms with E-state index in [1.807, 2.05) is 27.8 Å². The summed E-state index contributed by atoms with van der Waals surface area (Å²) in [7, 11) is 1.85. The van der Waals surface area contributed by atoms with Gasteiger partial charge in [-0.25, -0.2) is 4.79 Å². The van der Waals surface area contributed by atoms with E-state index in [0.29, 0.717) is 0 Å². The van der Waals surface area contributed by atoms with Crippen LogP contribution in [0.2, 0.25) is 0 Å². The van der Waals surface area contributed by atoms with Crippen molar-refractivity contribution >= 4 is 29.3 Å². The van der Waals surface area contributed by atoms with Crippen LogP contribution in [0.1, 0.15) is 40.5 Å². The first-order valence-corrected chi connectivity index (χ1v) is 10.5. The van der Waals surface area contributed by atoms with Gasteiger partial charge in [0, 0.05) is 32.7 Å². The normalized spacial score (nSPS) is 16.5. The van der Waals surface area contributed by atoms with Crippen molar-refractivity contribution in [1.29, 1.82) is 0 Å². The molecular formula is C21H32N4O2S. The van der Waals surface area contributed by atoms with E-state index in [-0.39, 0.29) is 12.1 Å². The van der Waals surface area contributed by atoms with Gasteiger partial charge in [0.1, 0.15) is 5.60 Å². The zero-order valence-electron chi connectivity index (χ0n) is 17.6. The molecule has 0 aliphatic carbocycles. The van der Waals surface area contributed by atoms with Crippen molar-refractivity contribution < 1.29 is 9.53 Å². The Labute approximate surface area is 172 Å². The molecule has 2 aromatic rings. The molecule has 1 aromatic heterocycles. The molecule has 2 heterocycles. The van der Waals surface area contributed by atoms with E-state index in [4.69, 9.17) is 17.0 Å². The summed E-state index contributed by atoms with van der Waals surface area (Å²) in [6.45, 7) is 11.4. The number of imidazole rings is 1. The van der Waals surface area contributed by atoms with Crippen molar-refractivity contribution in [3.05, 3.63) is 29.0 Å². The fourth-order valence-corrected chi connectivity index (χ4v) is 4.23. The number of para-hydroxylation sites is 2. The number of nitrogens with zero attached hydrogens (tertiary/aromatic N) is 4. The number of aromatic nitrogens is 2. The van der Waals surface area contributed by atoms with Gasteiger partial charge >= 0.3 is 6.09 Å². The van der Waals surface area contributed by atoms with Crippen LogP contribution in [0.4, 0.5) is 4.79 Å². The summed E-state index contributed by atoms with van der Waals surface area (Å²) in [6, 6.07) is 8.62. The smallest absolute Gasteiger partial charge is 0.410 e. The lowest BCUT2D eigenvalue weighted by atomic mass is 10.0. The van der Waals surface area contributed by atoms with Crippen LogP contribution in [-0.2, 0) is 18.0 Å². The van der Waals surface area contributed by atoms with Crippen molar-refractivity contribution in [3.8, 4) is 0 Å². The van der Waals surface area contributed by atoms with Gasteiger partial charge in [-0.05, 0) is 64.9 Å². The number of carbonyl (C=O) groups is 1. The van der Waals surface area contributed by atoms with Crippen molar-refractivity contribution in [1.82, 2.24) is 18.9 Å². The highest BCUT2D eigenvalue weighted by Crippen LogP contribution is 2.22. The van der Waals surface area contributed by atoms with Crippen LogP contribution in [-0.4, -0.2) is 56.8 Å². The molecule has 1 amide bonds. The Hall–Kier alpha value is -1.86. The molecule has 154 valence electrons. The minimum Gasteiger partial charge on any atom is -0.444 e. The Morgan fingerprint density at radius 2 is 1.75 bits per heavy atom. The molecule has 0 bridgehead atoms. The third-order valence-corrected chi connectivity index (χ3v) is 5.81. The number of carbonyl (C=O) groups excluding carboxylic acids is 1. The average Bonchev–Trinajstić information content (AvgIpc) is 2.91. The molecule has 1 aromatic carbocycles. The SMILES string of the molecule is CCn1c(=S)n(CN2CCC(N(C)C(=O)OC(C)(C)C)CC2)c2ccccc21. The average molecular weight is 405 g/mol. The largest absolute Gasteiger partial charge is 0.444 e. The summed E-state index contributed by atoms with van der Waals surface area (Å²) >= 11 is 5.74. The standard InChI is InChI=1S/C21H32N4O2S/c1-6-24-17-9-7-8-10-18(17)25(19(24)28)15-23-13-11-16(12-14-23)22(5)20(26)27-21(2,3)4/h7-10,16H,6,11-15H2,1-5H3. The van der Waals surface area contributed by atoms with Gasteiger partial charge in [0.25, 0.3) is 0 Å². The molecule has 6 nitrogen and oxygen atoms in total. The van der Waals surface area contributed by atoms with Crippen LogP contribution in [0, 0.1) is 4.77 Å². The Bertz CT molecular complexity index is 888. The first kappa shape index (κ1) is 20.9. The lowest BCUT2D eigenvalue weighted by Crippen LogP contribution is -2.47. The van der Waals surface area contributed by atoms with Gasteiger partial charge in [0.05, 0.1) is 17.7 Å².